The average Bonchev–Trinajstić information content (AvgIpc) is 2.15. The van der Waals surface area contributed by atoms with E-state index in [0.29, 0.717) is 0 Å². The monoisotopic (exact) mass is 166 g/mol. The maximum Gasteiger partial charge on any atom is 0.192 e. The van der Waals surface area contributed by atoms with Crippen molar-refractivity contribution in [3.8, 4) is 0 Å². The Kier molecular flexibility index (Phi) is 3.54. The second kappa shape index (κ2) is 4.72. The van der Waals surface area contributed by atoms with Crippen LogP contribution >= 0.6 is 0 Å². The fourth-order valence-electron chi connectivity index (χ4n) is 1.08. The Hall–Kier alpha value is -1.09. The van der Waals surface area contributed by atoms with Gasteiger partial charge in [-0.2, -0.15) is 0 Å². The first-order valence-corrected chi connectivity index (χ1v) is 4.23. The third-order valence-corrected chi connectivity index (χ3v) is 1.77. The lowest BCUT2D eigenvalue weighted by Crippen LogP contribution is -2.33. The van der Waals surface area contributed by atoms with Crippen molar-refractivity contribution in [3.05, 3.63) is 24.5 Å². The zero-order valence-electron chi connectivity index (χ0n) is 7.46. The van der Waals surface area contributed by atoms with E-state index in [1.54, 1.807) is 0 Å². The fourth-order valence-corrected chi connectivity index (χ4v) is 1.08. The molecule has 0 atom stereocenters. The molecule has 0 aliphatic carbocycles. The number of anilines is 1. The lowest BCUT2D eigenvalue weighted by atomic mass is 10.4. The summed E-state index contributed by atoms with van der Waals surface area (Å²) in [6, 6.07) is 4.07. The molecular formula is C9H16N3+. The van der Waals surface area contributed by atoms with Gasteiger partial charge in [0, 0.05) is 19.5 Å². The van der Waals surface area contributed by atoms with E-state index in [9.17, 15) is 0 Å². The standard InChI is InChI=1S/C9H16N3/c1-11-9-4-2-6-12(8-9)7-3-5-10/h2,4,6,8,11H,3,5,7,10H2,1H3/q+1. The van der Waals surface area contributed by atoms with Crippen LogP contribution in [0.25, 0.3) is 0 Å². The van der Waals surface area contributed by atoms with E-state index in [1.807, 2.05) is 19.2 Å². The van der Waals surface area contributed by atoms with Gasteiger partial charge >= 0.3 is 0 Å². The van der Waals surface area contributed by atoms with E-state index in [4.69, 9.17) is 5.73 Å². The van der Waals surface area contributed by atoms with Crippen LogP contribution in [-0.4, -0.2) is 13.6 Å². The Morgan fingerprint density at radius 3 is 3.08 bits per heavy atom. The van der Waals surface area contributed by atoms with Gasteiger partial charge in [-0.25, -0.2) is 4.57 Å². The molecule has 3 nitrogen and oxygen atoms in total. The second-order valence-corrected chi connectivity index (χ2v) is 2.72. The molecule has 0 aliphatic rings. The zero-order chi connectivity index (χ0) is 8.81. The Morgan fingerprint density at radius 1 is 1.58 bits per heavy atom. The van der Waals surface area contributed by atoms with Crippen LogP contribution in [0.2, 0.25) is 0 Å². The van der Waals surface area contributed by atoms with Gasteiger partial charge in [0.15, 0.2) is 12.4 Å². The number of aromatic nitrogens is 1. The van der Waals surface area contributed by atoms with E-state index in [1.165, 1.54) is 0 Å². The highest BCUT2D eigenvalue weighted by molar-refractivity contribution is 5.36. The molecule has 0 fully saturated rings. The van der Waals surface area contributed by atoms with Crippen LogP contribution in [0.3, 0.4) is 0 Å². The summed E-state index contributed by atoms with van der Waals surface area (Å²) in [5, 5.41) is 3.09. The van der Waals surface area contributed by atoms with Crippen molar-refractivity contribution in [1.29, 1.82) is 0 Å². The average molecular weight is 166 g/mol. The summed E-state index contributed by atoms with van der Waals surface area (Å²) in [5.41, 5.74) is 6.55. The van der Waals surface area contributed by atoms with Crippen LogP contribution in [0.15, 0.2) is 24.5 Å². The Morgan fingerprint density at radius 2 is 2.42 bits per heavy atom. The molecule has 0 bridgehead atoms. The van der Waals surface area contributed by atoms with E-state index in [-0.39, 0.29) is 0 Å². The van der Waals surface area contributed by atoms with Crippen LogP contribution in [0.1, 0.15) is 6.42 Å². The summed E-state index contributed by atoms with van der Waals surface area (Å²) < 4.78 is 2.14. The maximum absolute atomic E-state index is 5.42. The molecular weight excluding hydrogens is 150 g/mol. The van der Waals surface area contributed by atoms with Crippen LogP contribution in [0.4, 0.5) is 5.69 Å². The Bertz CT molecular complexity index is 235. The van der Waals surface area contributed by atoms with Crippen LogP contribution in [-0.2, 0) is 6.54 Å². The van der Waals surface area contributed by atoms with Crippen molar-refractivity contribution in [1.82, 2.24) is 0 Å². The van der Waals surface area contributed by atoms with Crippen molar-refractivity contribution in [2.24, 2.45) is 5.73 Å². The maximum atomic E-state index is 5.42. The molecule has 0 aliphatic heterocycles. The molecule has 0 amide bonds. The molecule has 0 spiro atoms. The van der Waals surface area contributed by atoms with Gasteiger partial charge in [-0.1, -0.05) is 0 Å². The normalized spacial score (nSPS) is 9.83. The minimum atomic E-state index is 0.747. The number of rotatable bonds is 4. The summed E-state index contributed by atoms with van der Waals surface area (Å²) in [6.45, 7) is 1.74. The summed E-state index contributed by atoms with van der Waals surface area (Å²) >= 11 is 0. The molecule has 12 heavy (non-hydrogen) atoms. The second-order valence-electron chi connectivity index (χ2n) is 2.72. The Balaban J connectivity index is 2.60. The van der Waals surface area contributed by atoms with Gasteiger partial charge in [-0.15, -0.1) is 0 Å². The topological polar surface area (TPSA) is 41.9 Å². The smallest absolute Gasteiger partial charge is 0.192 e. The predicted octanol–water partition coefficient (Wildman–Crippen LogP) is 0.365. The van der Waals surface area contributed by atoms with Gasteiger partial charge in [0.05, 0.1) is 5.69 Å². The molecule has 1 rings (SSSR count). The van der Waals surface area contributed by atoms with Crippen molar-refractivity contribution in [2.75, 3.05) is 18.9 Å². The van der Waals surface area contributed by atoms with Gasteiger partial charge < -0.3 is 11.1 Å². The van der Waals surface area contributed by atoms with E-state index < -0.39 is 0 Å². The largest absolute Gasteiger partial charge is 0.383 e. The molecule has 0 radical (unpaired) electrons. The first kappa shape index (κ1) is 9.00. The van der Waals surface area contributed by atoms with Crippen LogP contribution in [0, 0.1) is 0 Å². The SMILES string of the molecule is CNc1ccc[n+](CCCN)c1. The van der Waals surface area contributed by atoms with E-state index in [0.717, 1.165) is 25.2 Å². The number of nitrogens with one attached hydrogen (secondary N) is 1. The van der Waals surface area contributed by atoms with Crippen LogP contribution in [0.5, 0.6) is 0 Å². The molecule has 0 aromatic carbocycles. The number of nitrogens with zero attached hydrogens (tertiary/aromatic N) is 1. The van der Waals surface area contributed by atoms with Crippen molar-refractivity contribution in [2.45, 2.75) is 13.0 Å². The fraction of sp³-hybridized carbons (Fsp3) is 0.444. The van der Waals surface area contributed by atoms with Gasteiger partial charge in [-0.3, -0.25) is 0 Å². The van der Waals surface area contributed by atoms with Gasteiger partial charge in [0.2, 0.25) is 0 Å². The molecule has 66 valence electrons. The molecule has 0 saturated carbocycles. The minimum Gasteiger partial charge on any atom is -0.383 e. The lowest BCUT2D eigenvalue weighted by Gasteiger charge is -1.98. The van der Waals surface area contributed by atoms with Gasteiger partial charge in [0.25, 0.3) is 0 Å². The summed E-state index contributed by atoms with van der Waals surface area (Å²) in [5.74, 6) is 0. The van der Waals surface area contributed by atoms with Crippen LogP contribution < -0.4 is 15.6 Å². The van der Waals surface area contributed by atoms with E-state index >= 15 is 0 Å². The Labute approximate surface area is 73.2 Å². The molecule has 3 heteroatoms. The number of pyridine rings is 1. The van der Waals surface area contributed by atoms with Gasteiger partial charge in [0.1, 0.15) is 6.54 Å². The summed E-state index contributed by atoms with van der Waals surface area (Å²) in [4.78, 5) is 0. The molecule has 1 heterocycles. The number of aryl methyl sites for hydroxylation is 1. The van der Waals surface area contributed by atoms with E-state index in [2.05, 4.69) is 22.3 Å². The summed E-state index contributed by atoms with van der Waals surface area (Å²) in [6.07, 6.45) is 5.16. The van der Waals surface area contributed by atoms with Crippen molar-refractivity contribution >= 4 is 5.69 Å². The number of hydrogen-bond acceptors (Lipinski definition) is 2. The zero-order valence-corrected chi connectivity index (χ0v) is 7.46. The number of hydrogen-bond donors (Lipinski definition) is 2. The summed E-state index contributed by atoms with van der Waals surface area (Å²) in [7, 11) is 1.92. The van der Waals surface area contributed by atoms with Crippen molar-refractivity contribution in [3.63, 3.8) is 0 Å². The van der Waals surface area contributed by atoms with Crippen molar-refractivity contribution < 1.29 is 4.57 Å². The highest BCUT2D eigenvalue weighted by Gasteiger charge is 1.99. The van der Waals surface area contributed by atoms with Gasteiger partial charge in [-0.05, 0) is 12.6 Å². The number of nitrogens with two attached hydrogens (primary N) is 1. The molecule has 1 aromatic rings. The molecule has 0 unspecified atom stereocenters. The third-order valence-electron chi connectivity index (χ3n) is 1.77. The third kappa shape index (κ3) is 2.51. The molecule has 1 aromatic heterocycles. The quantitative estimate of drug-likeness (QED) is 0.634. The minimum absolute atomic E-state index is 0.747. The molecule has 3 N–H and O–H groups in total. The highest BCUT2D eigenvalue weighted by atomic mass is 15.0. The first-order valence-electron chi connectivity index (χ1n) is 4.23. The highest BCUT2D eigenvalue weighted by Crippen LogP contribution is 1.98. The molecule has 0 saturated heterocycles. The lowest BCUT2D eigenvalue weighted by molar-refractivity contribution is -0.696. The first-order chi connectivity index (χ1) is 5.86. The predicted molar refractivity (Wildman–Crippen MR) is 49.9 cm³/mol.